The lowest BCUT2D eigenvalue weighted by Crippen LogP contribution is -2.32. The predicted molar refractivity (Wildman–Crippen MR) is 51.9 cm³/mol. The molecule has 0 spiro atoms. The first-order chi connectivity index (χ1) is 6.86. The normalized spacial score (nSPS) is 15.4. The number of amides is 1. The van der Waals surface area contributed by atoms with Gasteiger partial charge < -0.3 is 10.6 Å². The first kappa shape index (κ1) is 9.21. The lowest BCUT2D eigenvalue weighted by molar-refractivity contribution is 0.0949. The molecule has 0 unspecified atom stereocenters. The average Bonchev–Trinajstić information content (AvgIpc) is 2.84. The van der Waals surface area contributed by atoms with Gasteiger partial charge in [-0.15, -0.1) is 0 Å². The number of carbonyl (C=O) groups excluding carboxylic acids is 1. The van der Waals surface area contributed by atoms with Crippen LogP contribution < -0.4 is 10.6 Å². The first-order valence-electron chi connectivity index (χ1n) is 4.87. The Morgan fingerprint density at radius 3 is 3.07 bits per heavy atom. The lowest BCUT2D eigenvalue weighted by Gasteiger charge is -2.03. The van der Waals surface area contributed by atoms with Gasteiger partial charge in [0, 0.05) is 25.3 Å². The van der Waals surface area contributed by atoms with Gasteiger partial charge in [-0.3, -0.25) is 9.89 Å². The van der Waals surface area contributed by atoms with Gasteiger partial charge in [0.2, 0.25) is 0 Å². The summed E-state index contributed by atoms with van der Waals surface area (Å²) in [6.45, 7) is 1.50. The SMILES string of the molecule is O=C(NCCNC1CC1)c1ccn[nH]1. The summed E-state index contributed by atoms with van der Waals surface area (Å²) in [5, 5.41) is 12.4. The molecule has 14 heavy (non-hydrogen) atoms. The Kier molecular flexibility index (Phi) is 2.78. The molecule has 0 aromatic carbocycles. The Balaban J connectivity index is 1.62. The molecular weight excluding hydrogens is 180 g/mol. The van der Waals surface area contributed by atoms with Crippen molar-refractivity contribution >= 4 is 5.91 Å². The highest BCUT2D eigenvalue weighted by molar-refractivity contribution is 5.92. The molecule has 3 N–H and O–H groups in total. The van der Waals surface area contributed by atoms with Gasteiger partial charge >= 0.3 is 0 Å². The minimum Gasteiger partial charge on any atom is -0.349 e. The van der Waals surface area contributed by atoms with Gasteiger partial charge in [-0.05, 0) is 18.9 Å². The van der Waals surface area contributed by atoms with E-state index in [2.05, 4.69) is 20.8 Å². The third-order valence-electron chi connectivity index (χ3n) is 2.17. The second-order valence-corrected chi connectivity index (χ2v) is 3.45. The Labute approximate surface area is 82.3 Å². The first-order valence-corrected chi connectivity index (χ1v) is 4.87. The largest absolute Gasteiger partial charge is 0.349 e. The summed E-state index contributed by atoms with van der Waals surface area (Å²) in [5.41, 5.74) is 0.511. The van der Waals surface area contributed by atoms with E-state index in [4.69, 9.17) is 0 Å². The number of aromatic amines is 1. The summed E-state index contributed by atoms with van der Waals surface area (Å²) in [7, 11) is 0. The van der Waals surface area contributed by atoms with Crippen LogP contribution in [0.4, 0.5) is 0 Å². The van der Waals surface area contributed by atoms with E-state index in [0.29, 0.717) is 18.3 Å². The van der Waals surface area contributed by atoms with Crippen molar-refractivity contribution in [3.63, 3.8) is 0 Å². The minimum absolute atomic E-state index is 0.0971. The summed E-state index contributed by atoms with van der Waals surface area (Å²) in [6, 6.07) is 2.35. The highest BCUT2D eigenvalue weighted by Gasteiger charge is 2.19. The van der Waals surface area contributed by atoms with Gasteiger partial charge in [0.1, 0.15) is 5.69 Å². The fourth-order valence-electron chi connectivity index (χ4n) is 1.22. The van der Waals surface area contributed by atoms with E-state index >= 15 is 0 Å². The Morgan fingerprint density at radius 1 is 1.57 bits per heavy atom. The van der Waals surface area contributed by atoms with Crippen LogP contribution in [-0.4, -0.2) is 35.2 Å². The number of aromatic nitrogens is 2. The van der Waals surface area contributed by atoms with E-state index in [-0.39, 0.29) is 5.91 Å². The van der Waals surface area contributed by atoms with Crippen molar-refractivity contribution in [3.05, 3.63) is 18.0 Å². The van der Waals surface area contributed by atoms with Gasteiger partial charge in [-0.1, -0.05) is 0 Å². The molecular formula is C9H14N4O. The number of carbonyl (C=O) groups is 1. The molecule has 0 atom stereocenters. The zero-order valence-electron chi connectivity index (χ0n) is 7.92. The molecule has 0 saturated heterocycles. The minimum atomic E-state index is -0.0971. The maximum atomic E-state index is 11.4. The molecule has 5 heteroatoms. The van der Waals surface area contributed by atoms with Crippen molar-refractivity contribution in [2.24, 2.45) is 0 Å². The molecule has 1 aliphatic rings. The van der Waals surface area contributed by atoms with Gasteiger partial charge in [0.25, 0.3) is 5.91 Å². The Hall–Kier alpha value is -1.36. The van der Waals surface area contributed by atoms with Gasteiger partial charge in [0.15, 0.2) is 0 Å². The summed E-state index contributed by atoms with van der Waals surface area (Å²) in [4.78, 5) is 11.4. The summed E-state index contributed by atoms with van der Waals surface area (Å²) in [6.07, 6.45) is 4.11. The Morgan fingerprint density at radius 2 is 2.43 bits per heavy atom. The van der Waals surface area contributed by atoms with Crippen LogP contribution in [0.25, 0.3) is 0 Å². The number of hydrogen-bond acceptors (Lipinski definition) is 3. The molecule has 76 valence electrons. The van der Waals surface area contributed by atoms with Crippen molar-refractivity contribution in [3.8, 4) is 0 Å². The van der Waals surface area contributed by atoms with Crippen molar-refractivity contribution < 1.29 is 4.79 Å². The van der Waals surface area contributed by atoms with Crippen LogP contribution in [0.2, 0.25) is 0 Å². The van der Waals surface area contributed by atoms with E-state index in [1.165, 1.54) is 12.8 Å². The molecule has 0 bridgehead atoms. The zero-order valence-corrected chi connectivity index (χ0v) is 7.92. The van der Waals surface area contributed by atoms with Crippen LogP contribution in [-0.2, 0) is 0 Å². The van der Waals surface area contributed by atoms with E-state index < -0.39 is 0 Å². The molecule has 0 radical (unpaired) electrons. The van der Waals surface area contributed by atoms with Crippen LogP contribution in [0.3, 0.4) is 0 Å². The number of rotatable bonds is 5. The topological polar surface area (TPSA) is 69.8 Å². The van der Waals surface area contributed by atoms with Crippen LogP contribution in [0, 0.1) is 0 Å². The van der Waals surface area contributed by atoms with Crippen LogP contribution in [0.5, 0.6) is 0 Å². The molecule has 1 aliphatic carbocycles. The molecule has 1 fully saturated rings. The van der Waals surface area contributed by atoms with Gasteiger partial charge in [-0.2, -0.15) is 5.10 Å². The maximum absolute atomic E-state index is 11.4. The van der Waals surface area contributed by atoms with Crippen LogP contribution in [0.15, 0.2) is 12.3 Å². The highest BCUT2D eigenvalue weighted by Crippen LogP contribution is 2.17. The van der Waals surface area contributed by atoms with Crippen molar-refractivity contribution in [2.45, 2.75) is 18.9 Å². The summed E-state index contributed by atoms with van der Waals surface area (Å²) in [5.74, 6) is -0.0971. The van der Waals surface area contributed by atoms with Crippen molar-refractivity contribution in [1.82, 2.24) is 20.8 Å². The third kappa shape index (κ3) is 2.56. The molecule has 1 aromatic rings. The van der Waals surface area contributed by atoms with Crippen LogP contribution in [0.1, 0.15) is 23.3 Å². The second kappa shape index (κ2) is 4.23. The quantitative estimate of drug-likeness (QED) is 0.573. The molecule has 1 heterocycles. The molecule has 1 amide bonds. The Bertz CT molecular complexity index is 292. The van der Waals surface area contributed by atoms with Crippen LogP contribution >= 0.6 is 0 Å². The molecule has 2 rings (SSSR count). The van der Waals surface area contributed by atoms with E-state index in [1.54, 1.807) is 12.3 Å². The van der Waals surface area contributed by atoms with E-state index in [0.717, 1.165) is 6.54 Å². The second-order valence-electron chi connectivity index (χ2n) is 3.45. The van der Waals surface area contributed by atoms with E-state index in [1.807, 2.05) is 0 Å². The number of hydrogen-bond donors (Lipinski definition) is 3. The fraction of sp³-hybridized carbons (Fsp3) is 0.556. The third-order valence-corrected chi connectivity index (χ3v) is 2.17. The fourth-order valence-corrected chi connectivity index (χ4v) is 1.22. The standard InChI is InChI=1S/C9H14N4O/c14-9(8-3-4-12-13-8)11-6-5-10-7-1-2-7/h3-4,7,10H,1-2,5-6H2,(H,11,14)(H,12,13). The molecule has 1 saturated carbocycles. The average molecular weight is 194 g/mol. The summed E-state index contributed by atoms with van der Waals surface area (Å²) >= 11 is 0. The molecule has 5 nitrogen and oxygen atoms in total. The van der Waals surface area contributed by atoms with E-state index in [9.17, 15) is 4.79 Å². The van der Waals surface area contributed by atoms with Crippen molar-refractivity contribution in [1.29, 1.82) is 0 Å². The van der Waals surface area contributed by atoms with Gasteiger partial charge in [-0.25, -0.2) is 0 Å². The monoisotopic (exact) mass is 194 g/mol. The lowest BCUT2D eigenvalue weighted by atomic mass is 10.4. The smallest absolute Gasteiger partial charge is 0.269 e. The highest BCUT2D eigenvalue weighted by atomic mass is 16.1. The molecule has 1 aromatic heterocycles. The zero-order chi connectivity index (χ0) is 9.80. The molecule has 0 aliphatic heterocycles. The number of nitrogens with one attached hydrogen (secondary N) is 3. The number of H-pyrrole nitrogens is 1. The predicted octanol–water partition coefficient (Wildman–Crippen LogP) is -0.109. The number of nitrogens with zero attached hydrogens (tertiary/aromatic N) is 1. The van der Waals surface area contributed by atoms with Gasteiger partial charge in [0.05, 0.1) is 0 Å². The maximum Gasteiger partial charge on any atom is 0.269 e. The summed E-state index contributed by atoms with van der Waals surface area (Å²) < 4.78 is 0. The van der Waals surface area contributed by atoms with Crippen molar-refractivity contribution in [2.75, 3.05) is 13.1 Å².